The van der Waals surface area contributed by atoms with Crippen LogP contribution in [0.5, 0.6) is 0 Å². The molecule has 0 saturated heterocycles. The van der Waals surface area contributed by atoms with Gasteiger partial charge in [0.1, 0.15) is 6.04 Å². The topological polar surface area (TPSA) is 64.0 Å². The normalized spacial score (nSPS) is 12.5. The Balaban J connectivity index is 1.92. The average molecular weight is 415 g/mol. The number of benzene rings is 2. The second-order valence-electron chi connectivity index (χ2n) is 7.01. The van der Waals surface area contributed by atoms with Crippen LogP contribution in [0.15, 0.2) is 59.4 Å². The average Bonchev–Trinajstić information content (AvgIpc) is 2.69. The molecule has 0 saturated carbocycles. The summed E-state index contributed by atoms with van der Waals surface area (Å²) in [5.74, 6) is -0.779. The summed E-state index contributed by atoms with van der Waals surface area (Å²) in [5.41, 5.74) is 1.52. The van der Waals surface area contributed by atoms with Crippen molar-refractivity contribution in [2.45, 2.75) is 33.0 Å². The van der Waals surface area contributed by atoms with Crippen LogP contribution in [0.2, 0.25) is 0 Å². The van der Waals surface area contributed by atoms with Crippen LogP contribution in [0, 0.1) is 13.8 Å². The molecule has 0 unspecified atom stereocenters. The molecule has 0 aliphatic heterocycles. The Kier molecular flexibility index (Phi) is 5.78. The third kappa shape index (κ3) is 4.42. The monoisotopic (exact) mass is 415 g/mol. The number of hydrogen-bond donors (Lipinski definition) is 1. The minimum absolute atomic E-state index is 0.375. The van der Waals surface area contributed by atoms with Crippen molar-refractivity contribution in [3.63, 3.8) is 0 Å². The van der Waals surface area contributed by atoms with E-state index in [1.165, 1.54) is 25.1 Å². The highest BCUT2D eigenvalue weighted by Gasteiger charge is 2.34. The number of rotatable bonds is 4. The van der Waals surface area contributed by atoms with Crippen LogP contribution in [0.1, 0.15) is 29.7 Å². The summed E-state index contributed by atoms with van der Waals surface area (Å²) in [4.78, 5) is 24.9. The van der Waals surface area contributed by atoms with Crippen LogP contribution >= 0.6 is 0 Å². The number of carbonyl (C=O) groups is 1. The molecule has 1 heterocycles. The number of aryl methyl sites for hydroxylation is 2. The van der Waals surface area contributed by atoms with Crippen molar-refractivity contribution >= 4 is 11.6 Å². The van der Waals surface area contributed by atoms with Gasteiger partial charge >= 0.3 is 6.18 Å². The number of amides is 1. The van der Waals surface area contributed by atoms with E-state index in [4.69, 9.17) is 0 Å². The van der Waals surface area contributed by atoms with Crippen molar-refractivity contribution in [2.75, 3.05) is 5.32 Å². The lowest BCUT2D eigenvalue weighted by atomic mass is 10.0. The molecule has 3 aromatic rings. The van der Waals surface area contributed by atoms with Gasteiger partial charge in [0.25, 0.3) is 5.56 Å². The molecule has 0 radical (unpaired) electrons. The van der Waals surface area contributed by atoms with Gasteiger partial charge < -0.3 is 5.32 Å². The summed E-state index contributed by atoms with van der Waals surface area (Å²) >= 11 is 0. The van der Waals surface area contributed by atoms with E-state index in [0.717, 1.165) is 33.5 Å². The van der Waals surface area contributed by atoms with E-state index in [9.17, 15) is 22.8 Å². The number of carbonyl (C=O) groups excluding carboxylic acids is 1. The maximum atomic E-state index is 13.2. The Hall–Kier alpha value is -3.42. The first-order valence-electron chi connectivity index (χ1n) is 9.22. The highest BCUT2D eigenvalue weighted by molar-refractivity contribution is 5.94. The predicted molar refractivity (Wildman–Crippen MR) is 108 cm³/mol. The Morgan fingerprint density at radius 1 is 1.03 bits per heavy atom. The molecular formula is C22H20F3N3O2. The Labute approximate surface area is 171 Å². The van der Waals surface area contributed by atoms with Gasteiger partial charge in [-0.15, -0.1) is 0 Å². The smallest absolute Gasteiger partial charge is 0.324 e. The van der Waals surface area contributed by atoms with E-state index in [-0.39, 0.29) is 5.69 Å². The van der Waals surface area contributed by atoms with Crippen molar-refractivity contribution in [1.29, 1.82) is 0 Å². The quantitative estimate of drug-likeness (QED) is 0.669. The van der Waals surface area contributed by atoms with E-state index >= 15 is 0 Å². The van der Waals surface area contributed by atoms with Gasteiger partial charge in [-0.25, -0.2) is 4.68 Å². The molecule has 1 N–H and O–H groups in total. The van der Waals surface area contributed by atoms with Crippen LogP contribution in [0.4, 0.5) is 18.9 Å². The summed E-state index contributed by atoms with van der Waals surface area (Å²) in [6.07, 6.45) is -4.62. The maximum Gasteiger partial charge on any atom is 0.418 e. The molecule has 8 heteroatoms. The highest BCUT2D eigenvalue weighted by Crippen LogP contribution is 2.34. The van der Waals surface area contributed by atoms with E-state index in [1.807, 2.05) is 32.0 Å². The van der Waals surface area contributed by atoms with Crippen molar-refractivity contribution in [1.82, 2.24) is 9.78 Å². The first-order chi connectivity index (χ1) is 14.1. The summed E-state index contributed by atoms with van der Waals surface area (Å²) in [6, 6.07) is 12.1. The van der Waals surface area contributed by atoms with Gasteiger partial charge in [-0.1, -0.05) is 24.3 Å². The standard InChI is InChI=1S/C22H20F3N3O2/c1-13-8-9-16(12-14(13)2)18-10-11-20(29)28(27-18)15(3)21(30)26-19-7-5-4-6-17(19)22(23,24)25/h4-12,15H,1-3H3,(H,26,30)/t15-/m0/s1. The summed E-state index contributed by atoms with van der Waals surface area (Å²) < 4.78 is 40.5. The second-order valence-corrected chi connectivity index (χ2v) is 7.01. The SMILES string of the molecule is Cc1ccc(-c2ccc(=O)n([C@@H](C)C(=O)Nc3ccccc3C(F)(F)F)n2)cc1C. The van der Waals surface area contributed by atoms with Crippen LogP contribution < -0.4 is 10.9 Å². The molecule has 30 heavy (non-hydrogen) atoms. The van der Waals surface area contributed by atoms with Gasteiger partial charge in [0.2, 0.25) is 5.91 Å². The fourth-order valence-corrected chi connectivity index (χ4v) is 2.94. The van der Waals surface area contributed by atoms with Gasteiger partial charge in [-0.2, -0.15) is 18.3 Å². The molecule has 156 valence electrons. The number of hydrogen-bond acceptors (Lipinski definition) is 3. The zero-order chi connectivity index (χ0) is 22.1. The Morgan fingerprint density at radius 2 is 1.73 bits per heavy atom. The predicted octanol–water partition coefficient (Wildman–Crippen LogP) is 4.75. The molecule has 3 rings (SSSR count). The highest BCUT2D eigenvalue weighted by atomic mass is 19.4. The third-order valence-electron chi connectivity index (χ3n) is 4.86. The van der Waals surface area contributed by atoms with E-state index in [2.05, 4.69) is 10.4 Å². The third-order valence-corrected chi connectivity index (χ3v) is 4.86. The first-order valence-corrected chi connectivity index (χ1v) is 9.22. The molecule has 0 aliphatic carbocycles. The number of nitrogens with one attached hydrogen (secondary N) is 1. The number of halogens is 3. The summed E-state index contributed by atoms with van der Waals surface area (Å²) in [6.45, 7) is 5.33. The van der Waals surface area contributed by atoms with Crippen LogP contribution in [-0.4, -0.2) is 15.7 Å². The first kappa shape index (κ1) is 21.3. The zero-order valence-electron chi connectivity index (χ0n) is 16.6. The molecule has 1 amide bonds. The minimum Gasteiger partial charge on any atom is -0.324 e. The van der Waals surface area contributed by atoms with Gasteiger partial charge in [0.05, 0.1) is 16.9 Å². The molecule has 1 atom stereocenters. The number of nitrogens with zero attached hydrogens (tertiary/aromatic N) is 2. The number of anilines is 1. The molecule has 0 bridgehead atoms. The van der Waals surface area contributed by atoms with Crippen LogP contribution in [0.25, 0.3) is 11.3 Å². The molecule has 0 spiro atoms. The van der Waals surface area contributed by atoms with Gasteiger partial charge in [-0.05, 0) is 56.2 Å². The van der Waals surface area contributed by atoms with Crippen LogP contribution in [-0.2, 0) is 11.0 Å². The van der Waals surface area contributed by atoms with E-state index in [0.29, 0.717) is 5.69 Å². The molecule has 5 nitrogen and oxygen atoms in total. The summed E-state index contributed by atoms with van der Waals surface area (Å²) in [5, 5.41) is 6.53. The lowest BCUT2D eigenvalue weighted by Crippen LogP contribution is -2.33. The molecule has 1 aromatic heterocycles. The largest absolute Gasteiger partial charge is 0.418 e. The summed E-state index contributed by atoms with van der Waals surface area (Å²) in [7, 11) is 0. The van der Waals surface area contributed by atoms with Crippen LogP contribution in [0.3, 0.4) is 0 Å². The van der Waals surface area contributed by atoms with Gasteiger partial charge in [0, 0.05) is 11.6 Å². The number of aromatic nitrogens is 2. The zero-order valence-corrected chi connectivity index (χ0v) is 16.6. The fraction of sp³-hybridized carbons (Fsp3) is 0.227. The minimum atomic E-state index is -4.62. The molecule has 0 fully saturated rings. The lowest BCUT2D eigenvalue weighted by Gasteiger charge is -2.17. The van der Waals surface area contributed by atoms with Crippen molar-refractivity contribution in [3.8, 4) is 11.3 Å². The van der Waals surface area contributed by atoms with Crippen molar-refractivity contribution in [3.05, 3.63) is 81.6 Å². The van der Waals surface area contributed by atoms with Gasteiger partial charge in [0.15, 0.2) is 0 Å². The maximum absolute atomic E-state index is 13.2. The Morgan fingerprint density at radius 3 is 2.40 bits per heavy atom. The van der Waals surface area contributed by atoms with E-state index < -0.39 is 29.2 Å². The molecular weight excluding hydrogens is 395 g/mol. The number of para-hydroxylation sites is 1. The fourth-order valence-electron chi connectivity index (χ4n) is 2.94. The van der Waals surface area contributed by atoms with Crippen molar-refractivity contribution in [2.24, 2.45) is 0 Å². The molecule has 0 aliphatic rings. The van der Waals surface area contributed by atoms with Gasteiger partial charge in [-0.3, -0.25) is 9.59 Å². The van der Waals surface area contributed by atoms with E-state index in [1.54, 1.807) is 6.07 Å². The lowest BCUT2D eigenvalue weighted by molar-refractivity contribution is -0.137. The second kappa shape index (κ2) is 8.14. The Bertz CT molecular complexity index is 1150. The van der Waals surface area contributed by atoms with Crippen molar-refractivity contribution < 1.29 is 18.0 Å². The molecule has 2 aromatic carbocycles. The number of alkyl halides is 3.